The lowest BCUT2D eigenvalue weighted by Gasteiger charge is -2.29. The average Bonchev–Trinajstić information content (AvgIpc) is 2.39. The van der Waals surface area contributed by atoms with E-state index in [4.69, 9.17) is 5.73 Å². The van der Waals surface area contributed by atoms with Crippen LogP contribution in [0.1, 0.15) is 39.5 Å². The van der Waals surface area contributed by atoms with Gasteiger partial charge in [0.2, 0.25) is 5.96 Å². The number of rotatable bonds is 1. The van der Waals surface area contributed by atoms with Crippen LogP contribution in [-0.4, -0.2) is 41.9 Å². The zero-order chi connectivity index (χ0) is 13.8. The Morgan fingerprint density at radius 2 is 2.05 bits per heavy atom. The molecule has 1 amide bonds. The van der Waals surface area contributed by atoms with E-state index in [0.717, 1.165) is 25.9 Å². The van der Waals surface area contributed by atoms with Gasteiger partial charge in [-0.05, 0) is 25.2 Å². The minimum Gasteiger partial charge on any atom is -0.369 e. The van der Waals surface area contributed by atoms with Crippen molar-refractivity contribution in [1.82, 2.24) is 10.2 Å². The Kier molecular flexibility index (Phi) is 6.26. The van der Waals surface area contributed by atoms with Crippen LogP contribution in [0.4, 0.5) is 0 Å². The predicted molar refractivity (Wildman–Crippen MR) is 83.1 cm³/mol. The van der Waals surface area contributed by atoms with Gasteiger partial charge < -0.3 is 16.0 Å². The second-order valence-electron chi connectivity index (χ2n) is 5.55. The summed E-state index contributed by atoms with van der Waals surface area (Å²) in [5.74, 6) is 1.06. The first-order valence-electron chi connectivity index (χ1n) is 7.03. The third-order valence-electron chi connectivity index (χ3n) is 3.64. The highest BCUT2D eigenvalue weighted by Gasteiger charge is 2.24. The minimum absolute atomic E-state index is 0. The van der Waals surface area contributed by atoms with Gasteiger partial charge in [0.05, 0.1) is 0 Å². The fraction of sp³-hybridized carbons (Fsp3) is 0.769. The molecule has 2 rings (SSSR count). The molecule has 0 aromatic heterocycles. The van der Waals surface area contributed by atoms with Crippen LogP contribution in [0.3, 0.4) is 0 Å². The van der Waals surface area contributed by atoms with Crippen molar-refractivity contribution in [1.29, 1.82) is 0 Å². The fourth-order valence-corrected chi connectivity index (χ4v) is 2.36. The Balaban J connectivity index is 0.00000200. The maximum Gasteiger partial charge on any atom is 0.251 e. The van der Waals surface area contributed by atoms with E-state index in [9.17, 15) is 4.79 Å². The Morgan fingerprint density at radius 3 is 2.65 bits per heavy atom. The molecule has 1 unspecified atom stereocenters. The van der Waals surface area contributed by atoms with Gasteiger partial charge in [0.15, 0.2) is 5.96 Å². The summed E-state index contributed by atoms with van der Waals surface area (Å²) >= 11 is 0. The predicted octanol–water partition coefficient (Wildman–Crippen LogP) is 1.11. The lowest BCUT2D eigenvalue weighted by Crippen LogP contribution is -2.46. The van der Waals surface area contributed by atoms with E-state index in [1.165, 1.54) is 6.42 Å². The summed E-state index contributed by atoms with van der Waals surface area (Å²) in [5, 5.41) is 3.19. The van der Waals surface area contributed by atoms with Crippen molar-refractivity contribution in [2.24, 2.45) is 21.6 Å². The highest BCUT2D eigenvalue weighted by atomic mass is 35.5. The minimum atomic E-state index is -0.123. The van der Waals surface area contributed by atoms with Crippen molar-refractivity contribution in [3.05, 3.63) is 0 Å². The van der Waals surface area contributed by atoms with Crippen LogP contribution in [0, 0.1) is 5.92 Å². The second kappa shape index (κ2) is 7.47. The number of aliphatic imine (C=N–C) groups is 2. The van der Waals surface area contributed by atoms with Crippen molar-refractivity contribution in [3.63, 3.8) is 0 Å². The van der Waals surface area contributed by atoms with E-state index >= 15 is 0 Å². The first-order chi connectivity index (χ1) is 9.06. The number of halogens is 1. The number of nitrogens with one attached hydrogen (secondary N) is 1. The maximum atomic E-state index is 11.6. The third-order valence-corrected chi connectivity index (χ3v) is 3.64. The summed E-state index contributed by atoms with van der Waals surface area (Å²) in [6.45, 7) is 6.02. The maximum absolute atomic E-state index is 11.6. The van der Waals surface area contributed by atoms with Gasteiger partial charge >= 0.3 is 0 Å². The first kappa shape index (κ1) is 16.8. The third kappa shape index (κ3) is 4.37. The molecule has 114 valence electrons. The number of nitrogens with zero attached hydrogens (tertiary/aromatic N) is 3. The molecule has 0 aromatic carbocycles. The van der Waals surface area contributed by atoms with E-state index in [2.05, 4.69) is 34.0 Å². The fourth-order valence-electron chi connectivity index (χ4n) is 2.36. The molecule has 2 aliphatic heterocycles. The highest BCUT2D eigenvalue weighted by Crippen LogP contribution is 2.12. The molecular formula is C13H24ClN5O. The molecule has 0 aromatic rings. The number of nitrogens with two attached hydrogens (primary N) is 1. The van der Waals surface area contributed by atoms with Crippen LogP contribution < -0.4 is 11.1 Å². The number of carbonyl (C=O) groups is 1. The highest BCUT2D eigenvalue weighted by molar-refractivity contribution is 6.01. The summed E-state index contributed by atoms with van der Waals surface area (Å²) in [6, 6.07) is 0.0953. The Hall–Kier alpha value is -1.30. The smallest absolute Gasteiger partial charge is 0.251 e. The van der Waals surface area contributed by atoms with E-state index in [1.54, 1.807) is 0 Å². The second-order valence-corrected chi connectivity index (χ2v) is 5.55. The van der Waals surface area contributed by atoms with E-state index in [-0.39, 0.29) is 24.4 Å². The van der Waals surface area contributed by atoms with Crippen LogP contribution in [0.5, 0.6) is 0 Å². The van der Waals surface area contributed by atoms with E-state index < -0.39 is 0 Å². The van der Waals surface area contributed by atoms with Crippen LogP contribution in [0.2, 0.25) is 0 Å². The number of carbonyl (C=O) groups excluding carboxylic acids is 1. The Bertz CT molecular complexity index is 402. The molecular weight excluding hydrogens is 278 g/mol. The van der Waals surface area contributed by atoms with Gasteiger partial charge in [-0.15, -0.1) is 12.4 Å². The van der Waals surface area contributed by atoms with Crippen LogP contribution in [-0.2, 0) is 4.79 Å². The van der Waals surface area contributed by atoms with Gasteiger partial charge in [-0.1, -0.05) is 13.8 Å². The molecule has 1 atom stereocenters. The molecule has 6 nitrogen and oxygen atoms in total. The number of piperidine rings is 1. The number of amides is 1. The van der Waals surface area contributed by atoms with E-state index in [1.807, 2.05) is 0 Å². The van der Waals surface area contributed by atoms with Crippen LogP contribution >= 0.6 is 12.4 Å². The number of likely N-dealkylation sites (tertiary alicyclic amines) is 1. The molecule has 3 N–H and O–H groups in total. The topological polar surface area (TPSA) is 83.1 Å². The molecule has 7 heteroatoms. The van der Waals surface area contributed by atoms with Crippen molar-refractivity contribution in [2.75, 3.05) is 13.1 Å². The van der Waals surface area contributed by atoms with Gasteiger partial charge in [-0.25, -0.2) is 0 Å². The summed E-state index contributed by atoms with van der Waals surface area (Å²) in [5.41, 5.74) is 5.99. The Labute approximate surface area is 126 Å². The Morgan fingerprint density at radius 1 is 1.40 bits per heavy atom. The quantitative estimate of drug-likeness (QED) is 0.561. The summed E-state index contributed by atoms with van der Waals surface area (Å²) in [4.78, 5) is 21.9. The monoisotopic (exact) mass is 301 g/mol. The van der Waals surface area contributed by atoms with Crippen molar-refractivity contribution in [3.8, 4) is 0 Å². The van der Waals surface area contributed by atoms with Crippen molar-refractivity contribution in [2.45, 2.75) is 45.6 Å². The zero-order valence-corrected chi connectivity index (χ0v) is 12.9. The van der Waals surface area contributed by atoms with E-state index in [0.29, 0.717) is 24.3 Å². The van der Waals surface area contributed by atoms with Crippen molar-refractivity contribution < 1.29 is 4.79 Å². The molecule has 20 heavy (non-hydrogen) atoms. The molecule has 2 heterocycles. The molecule has 0 radical (unpaired) electrons. The van der Waals surface area contributed by atoms with Crippen LogP contribution in [0.15, 0.2) is 9.98 Å². The van der Waals surface area contributed by atoms with Gasteiger partial charge in [0, 0.05) is 25.6 Å². The largest absolute Gasteiger partial charge is 0.369 e. The number of hydrogen-bond acceptors (Lipinski definition) is 3. The average molecular weight is 302 g/mol. The molecule has 0 bridgehead atoms. The standard InChI is InChI=1S/C13H23N5O.ClH/c1-9(2)10-8-11(19)16-13(15-10)17-12(14)18-6-4-3-5-7-18;/h9-10H,3-8H2,1-2H3,(H3,14,15,16,17,19);1H. The lowest BCUT2D eigenvalue weighted by molar-refractivity contribution is -0.118. The first-order valence-corrected chi connectivity index (χ1v) is 7.03. The molecule has 1 fully saturated rings. The van der Waals surface area contributed by atoms with Gasteiger partial charge in [0.1, 0.15) is 0 Å². The van der Waals surface area contributed by atoms with Gasteiger partial charge in [-0.3, -0.25) is 4.79 Å². The zero-order valence-electron chi connectivity index (χ0n) is 12.1. The SMILES string of the molecule is CC(C)C1CC(=O)N=C(N=C(N)N2CCCCC2)N1.Cl. The van der Waals surface area contributed by atoms with Crippen LogP contribution in [0.25, 0.3) is 0 Å². The molecule has 0 spiro atoms. The lowest BCUT2D eigenvalue weighted by atomic mass is 10.00. The normalized spacial score (nSPS) is 24.1. The summed E-state index contributed by atoms with van der Waals surface area (Å²) < 4.78 is 0. The summed E-state index contributed by atoms with van der Waals surface area (Å²) in [7, 11) is 0. The van der Waals surface area contributed by atoms with Crippen molar-refractivity contribution >= 4 is 30.2 Å². The molecule has 1 saturated heterocycles. The van der Waals surface area contributed by atoms with Gasteiger partial charge in [0.25, 0.3) is 5.91 Å². The molecule has 0 aliphatic carbocycles. The molecule has 2 aliphatic rings. The number of hydrogen-bond donors (Lipinski definition) is 2. The number of guanidine groups is 2. The summed E-state index contributed by atoms with van der Waals surface area (Å²) in [6.07, 6.45) is 3.96. The molecule has 0 saturated carbocycles. The van der Waals surface area contributed by atoms with Gasteiger partial charge in [-0.2, -0.15) is 9.98 Å².